The van der Waals surface area contributed by atoms with E-state index >= 15 is 0 Å². The number of carbonyl (C=O) groups is 2. The minimum absolute atomic E-state index is 0.0941. The summed E-state index contributed by atoms with van der Waals surface area (Å²) in [6.07, 6.45) is 0.148. The van der Waals surface area contributed by atoms with Gasteiger partial charge in [-0.3, -0.25) is 4.79 Å². The van der Waals surface area contributed by atoms with Gasteiger partial charge in [0.1, 0.15) is 5.60 Å². The zero-order chi connectivity index (χ0) is 12.3. The first-order valence-electron chi connectivity index (χ1n) is 5.32. The number of rotatable bonds is 2. The van der Waals surface area contributed by atoms with Crippen LogP contribution in [-0.2, 0) is 4.79 Å². The fraction of sp³-hybridized carbons (Fsp3) is 0.800. The molecular formula is C10H18N2O4. The SMILES string of the molecule is CC(C)(O)C(=O)N1CCC(NC(=O)O)CC1. The van der Waals surface area contributed by atoms with Crippen molar-refractivity contribution >= 4 is 12.0 Å². The molecule has 1 saturated heterocycles. The molecule has 3 N–H and O–H groups in total. The smallest absolute Gasteiger partial charge is 0.404 e. The van der Waals surface area contributed by atoms with Gasteiger partial charge in [0.05, 0.1) is 0 Å². The van der Waals surface area contributed by atoms with Crippen LogP contribution in [0.5, 0.6) is 0 Å². The molecular weight excluding hydrogens is 212 g/mol. The van der Waals surface area contributed by atoms with Crippen LogP contribution in [0.15, 0.2) is 0 Å². The lowest BCUT2D eigenvalue weighted by atomic mass is 10.0. The number of hydrogen-bond acceptors (Lipinski definition) is 3. The average molecular weight is 230 g/mol. The predicted molar refractivity (Wildman–Crippen MR) is 57.1 cm³/mol. The largest absolute Gasteiger partial charge is 0.465 e. The normalized spacial score (nSPS) is 18.3. The molecule has 0 saturated carbocycles. The summed E-state index contributed by atoms with van der Waals surface area (Å²) in [4.78, 5) is 23.7. The van der Waals surface area contributed by atoms with Gasteiger partial charge < -0.3 is 20.4 Å². The zero-order valence-electron chi connectivity index (χ0n) is 9.56. The number of nitrogens with zero attached hydrogens (tertiary/aromatic N) is 1. The third-order valence-corrected chi connectivity index (χ3v) is 2.63. The molecule has 1 rings (SSSR count). The Kier molecular flexibility index (Phi) is 3.74. The number of carbonyl (C=O) groups excluding carboxylic acids is 1. The predicted octanol–water partition coefficient (Wildman–Crippen LogP) is 0.0159. The van der Waals surface area contributed by atoms with Gasteiger partial charge in [0.2, 0.25) is 0 Å². The van der Waals surface area contributed by atoms with E-state index in [9.17, 15) is 14.7 Å². The standard InChI is InChI=1S/C10H18N2O4/c1-10(2,16)8(13)12-5-3-7(4-6-12)11-9(14)15/h7,11,16H,3-6H2,1-2H3,(H,14,15). The highest BCUT2D eigenvalue weighted by molar-refractivity contribution is 5.84. The fourth-order valence-corrected chi connectivity index (χ4v) is 1.79. The second kappa shape index (κ2) is 4.69. The highest BCUT2D eigenvalue weighted by atomic mass is 16.4. The molecule has 0 aromatic heterocycles. The monoisotopic (exact) mass is 230 g/mol. The van der Waals surface area contributed by atoms with Crippen molar-refractivity contribution in [3.05, 3.63) is 0 Å². The van der Waals surface area contributed by atoms with Gasteiger partial charge in [-0.25, -0.2) is 4.79 Å². The molecule has 6 nitrogen and oxygen atoms in total. The Bertz CT molecular complexity index is 277. The van der Waals surface area contributed by atoms with E-state index < -0.39 is 11.7 Å². The van der Waals surface area contributed by atoms with Gasteiger partial charge in [0.15, 0.2) is 0 Å². The molecule has 1 fully saturated rings. The molecule has 1 heterocycles. The summed E-state index contributed by atoms with van der Waals surface area (Å²) in [5.74, 6) is -0.304. The Morgan fingerprint density at radius 2 is 1.81 bits per heavy atom. The first kappa shape index (κ1) is 12.8. The Hall–Kier alpha value is -1.30. The quantitative estimate of drug-likeness (QED) is 0.623. The van der Waals surface area contributed by atoms with Crippen LogP contribution < -0.4 is 5.32 Å². The molecule has 0 aromatic rings. The molecule has 2 amide bonds. The summed E-state index contributed by atoms with van der Waals surface area (Å²) in [7, 11) is 0. The second-order valence-corrected chi connectivity index (χ2v) is 4.57. The van der Waals surface area contributed by atoms with E-state index in [1.165, 1.54) is 13.8 Å². The Morgan fingerprint density at radius 3 is 2.19 bits per heavy atom. The van der Waals surface area contributed by atoms with Gasteiger partial charge in [0.25, 0.3) is 5.91 Å². The Labute approximate surface area is 94.2 Å². The van der Waals surface area contributed by atoms with Crippen LogP contribution in [0.3, 0.4) is 0 Å². The average Bonchev–Trinajstić information content (AvgIpc) is 2.15. The number of amides is 2. The minimum Gasteiger partial charge on any atom is -0.465 e. The van der Waals surface area contributed by atoms with Gasteiger partial charge in [-0.15, -0.1) is 0 Å². The highest BCUT2D eigenvalue weighted by Gasteiger charge is 2.32. The summed E-state index contributed by atoms with van der Waals surface area (Å²) < 4.78 is 0. The fourth-order valence-electron chi connectivity index (χ4n) is 1.79. The number of piperidine rings is 1. The number of aliphatic hydroxyl groups is 1. The van der Waals surface area contributed by atoms with E-state index in [1.807, 2.05) is 0 Å². The zero-order valence-corrected chi connectivity index (χ0v) is 9.56. The van der Waals surface area contributed by atoms with Gasteiger partial charge in [-0.05, 0) is 26.7 Å². The van der Waals surface area contributed by atoms with E-state index in [1.54, 1.807) is 4.90 Å². The summed E-state index contributed by atoms with van der Waals surface area (Å²) >= 11 is 0. The third kappa shape index (κ3) is 3.37. The number of nitrogens with one attached hydrogen (secondary N) is 1. The van der Waals surface area contributed by atoms with Crippen molar-refractivity contribution in [3.8, 4) is 0 Å². The molecule has 0 bridgehead atoms. The molecule has 0 radical (unpaired) electrons. The molecule has 1 aliphatic rings. The molecule has 92 valence electrons. The summed E-state index contributed by atoms with van der Waals surface area (Å²) in [6, 6.07) is -0.0941. The highest BCUT2D eigenvalue weighted by Crippen LogP contribution is 2.15. The van der Waals surface area contributed by atoms with Crippen LogP contribution in [0.4, 0.5) is 4.79 Å². The maximum Gasteiger partial charge on any atom is 0.404 e. The van der Waals surface area contributed by atoms with Crippen LogP contribution in [0.2, 0.25) is 0 Å². The van der Waals surface area contributed by atoms with Crippen molar-refractivity contribution in [3.63, 3.8) is 0 Å². The summed E-state index contributed by atoms with van der Waals surface area (Å²) in [5, 5.41) is 20.5. The van der Waals surface area contributed by atoms with Crippen LogP contribution in [-0.4, -0.2) is 51.8 Å². The van der Waals surface area contributed by atoms with Crippen molar-refractivity contribution in [2.24, 2.45) is 0 Å². The Morgan fingerprint density at radius 1 is 1.31 bits per heavy atom. The van der Waals surface area contributed by atoms with Crippen LogP contribution in [0.1, 0.15) is 26.7 Å². The molecule has 1 aliphatic heterocycles. The van der Waals surface area contributed by atoms with E-state index in [-0.39, 0.29) is 11.9 Å². The molecule has 0 atom stereocenters. The van der Waals surface area contributed by atoms with E-state index in [0.717, 1.165) is 0 Å². The number of carboxylic acid groups (broad SMARTS) is 1. The van der Waals surface area contributed by atoms with Crippen LogP contribution >= 0.6 is 0 Å². The number of likely N-dealkylation sites (tertiary alicyclic amines) is 1. The molecule has 0 spiro atoms. The van der Waals surface area contributed by atoms with Crippen molar-refractivity contribution in [1.82, 2.24) is 10.2 Å². The van der Waals surface area contributed by atoms with Gasteiger partial charge in [-0.2, -0.15) is 0 Å². The third-order valence-electron chi connectivity index (χ3n) is 2.63. The van der Waals surface area contributed by atoms with E-state index in [0.29, 0.717) is 25.9 Å². The van der Waals surface area contributed by atoms with Crippen molar-refractivity contribution in [2.75, 3.05) is 13.1 Å². The first-order valence-corrected chi connectivity index (χ1v) is 5.32. The second-order valence-electron chi connectivity index (χ2n) is 4.57. The molecule has 0 unspecified atom stereocenters. The summed E-state index contributed by atoms with van der Waals surface area (Å²) in [6.45, 7) is 3.87. The van der Waals surface area contributed by atoms with Crippen molar-refractivity contribution < 1.29 is 19.8 Å². The molecule has 16 heavy (non-hydrogen) atoms. The van der Waals surface area contributed by atoms with Gasteiger partial charge >= 0.3 is 6.09 Å². The van der Waals surface area contributed by atoms with Crippen LogP contribution in [0, 0.1) is 0 Å². The van der Waals surface area contributed by atoms with Gasteiger partial charge in [0, 0.05) is 19.1 Å². The number of hydrogen-bond donors (Lipinski definition) is 3. The molecule has 0 aliphatic carbocycles. The first-order chi connectivity index (χ1) is 7.30. The van der Waals surface area contributed by atoms with Gasteiger partial charge in [-0.1, -0.05) is 0 Å². The van der Waals surface area contributed by atoms with E-state index in [2.05, 4.69) is 5.32 Å². The minimum atomic E-state index is -1.35. The van der Waals surface area contributed by atoms with E-state index in [4.69, 9.17) is 5.11 Å². The van der Waals surface area contributed by atoms with Crippen molar-refractivity contribution in [2.45, 2.75) is 38.3 Å². The van der Waals surface area contributed by atoms with Crippen LogP contribution in [0.25, 0.3) is 0 Å². The lowest BCUT2D eigenvalue weighted by molar-refractivity contribution is -0.148. The summed E-state index contributed by atoms with van der Waals surface area (Å²) in [5.41, 5.74) is -1.35. The maximum atomic E-state index is 11.7. The molecule has 6 heteroatoms. The van der Waals surface area contributed by atoms with Crippen molar-refractivity contribution in [1.29, 1.82) is 0 Å². The molecule has 0 aromatic carbocycles. The topological polar surface area (TPSA) is 89.9 Å². The lowest BCUT2D eigenvalue weighted by Crippen LogP contribution is -2.51. The Balaban J connectivity index is 2.43. The maximum absolute atomic E-state index is 11.7. The lowest BCUT2D eigenvalue weighted by Gasteiger charge is -2.34.